The van der Waals surface area contributed by atoms with E-state index in [4.69, 9.17) is 16.3 Å². The third-order valence-electron chi connectivity index (χ3n) is 3.56. The Morgan fingerprint density at radius 1 is 1.24 bits per heavy atom. The van der Waals surface area contributed by atoms with Gasteiger partial charge in [0.05, 0.1) is 23.9 Å². The van der Waals surface area contributed by atoms with Crippen LogP contribution in [0.25, 0.3) is 11.4 Å². The van der Waals surface area contributed by atoms with E-state index in [9.17, 15) is 0 Å². The first-order valence-electron chi connectivity index (χ1n) is 7.14. The number of rotatable bonds is 3. The van der Waals surface area contributed by atoms with Gasteiger partial charge in [0.25, 0.3) is 0 Å². The molecule has 1 aliphatic rings. The van der Waals surface area contributed by atoms with Crippen LogP contribution in [0.1, 0.15) is 13.8 Å². The van der Waals surface area contributed by atoms with Crippen LogP contribution in [0.15, 0.2) is 30.6 Å². The lowest BCUT2D eigenvalue weighted by Crippen LogP contribution is -2.46. The highest BCUT2D eigenvalue weighted by molar-refractivity contribution is 6.33. The number of nitrogens with zero attached hydrogens (tertiary/aromatic N) is 4. The molecule has 0 amide bonds. The predicted octanol–water partition coefficient (Wildman–Crippen LogP) is 2.67. The second-order valence-electron chi connectivity index (χ2n) is 5.50. The molecule has 0 spiro atoms. The monoisotopic (exact) mass is 306 g/mol. The highest BCUT2D eigenvalue weighted by Gasteiger charge is 2.23. The van der Waals surface area contributed by atoms with Gasteiger partial charge in [0, 0.05) is 18.7 Å². The minimum Gasteiger partial charge on any atom is -0.373 e. The molecule has 3 rings (SSSR count). The van der Waals surface area contributed by atoms with E-state index in [0.717, 1.165) is 24.5 Å². The molecule has 2 atom stereocenters. The maximum Gasteiger partial charge on any atom is 0.160 e. The fourth-order valence-corrected chi connectivity index (χ4v) is 3.03. The highest BCUT2D eigenvalue weighted by atomic mass is 35.5. The van der Waals surface area contributed by atoms with Crippen LogP contribution in [0.2, 0.25) is 5.02 Å². The van der Waals surface area contributed by atoms with Crippen molar-refractivity contribution in [3.8, 4) is 11.4 Å². The average Bonchev–Trinajstić information content (AvgIpc) is 2.86. The molecule has 0 saturated carbocycles. The summed E-state index contributed by atoms with van der Waals surface area (Å²) in [6, 6.07) is 7.71. The molecule has 2 heterocycles. The maximum atomic E-state index is 6.26. The number of hydrogen-bond donors (Lipinski definition) is 0. The molecule has 0 radical (unpaired) electrons. The Morgan fingerprint density at radius 2 is 1.95 bits per heavy atom. The molecule has 2 aromatic rings. The van der Waals surface area contributed by atoms with Crippen LogP contribution < -0.4 is 0 Å². The van der Waals surface area contributed by atoms with Gasteiger partial charge >= 0.3 is 0 Å². The van der Waals surface area contributed by atoms with Gasteiger partial charge in [-0.2, -0.15) is 5.10 Å². The molecule has 21 heavy (non-hydrogen) atoms. The molecular weight excluding hydrogens is 288 g/mol. The highest BCUT2D eigenvalue weighted by Crippen LogP contribution is 2.25. The van der Waals surface area contributed by atoms with Crippen molar-refractivity contribution >= 4 is 11.6 Å². The van der Waals surface area contributed by atoms with Gasteiger partial charge in [-0.3, -0.25) is 4.90 Å². The lowest BCUT2D eigenvalue weighted by atomic mass is 10.2. The summed E-state index contributed by atoms with van der Waals surface area (Å²) in [5.41, 5.74) is 0.908. The first-order chi connectivity index (χ1) is 10.1. The van der Waals surface area contributed by atoms with Gasteiger partial charge < -0.3 is 4.74 Å². The van der Waals surface area contributed by atoms with E-state index >= 15 is 0 Å². The summed E-state index contributed by atoms with van der Waals surface area (Å²) in [6.07, 6.45) is 2.05. The summed E-state index contributed by atoms with van der Waals surface area (Å²) in [5, 5.41) is 5.03. The Morgan fingerprint density at radius 3 is 2.67 bits per heavy atom. The third kappa shape index (κ3) is 3.26. The molecule has 1 aliphatic heterocycles. The fourth-order valence-electron chi connectivity index (χ4n) is 2.81. The summed E-state index contributed by atoms with van der Waals surface area (Å²) >= 11 is 6.26. The van der Waals surface area contributed by atoms with Crippen molar-refractivity contribution in [2.45, 2.75) is 32.7 Å². The van der Waals surface area contributed by atoms with Crippen molar-refractivity contribution in [2.24, 2.45) is 0 Å². The average molecular weight is 307 g/mol. The first kappa shape index (κ1) is 14.5. The Labute approximate surface area is 129 Å². The van der Waals surface area contributed by atoms with Crippen LogP contribution in [0.3, 0.4) is 0 Å². The van der Waals surface area contributed by atoms with E-state index in [-0.39, 0.29) is 12.2 Å². The second-order valence-corrected chi connectivity index (χ2v) is 5.90. The number of ether oxygens (including phenoxy) is 1. The van der Waals surface area contributed by atoms with Crippen LogP contribution in [0, 0.1) is 0 Å². The van der Waals surface area contributed by atoms with Crippen molar-refractivity contribution < 1.29 is 4.74 Å². The SMILES string of the molecule is CC1CN(Cn2ncnc2-c2ccccc2Cl)CC(C)O1. The molecular formula is C15H19ClN4O. The summed E-state index contributed by atoms with van der Waals surface area (Å²) < 4.78 is 7.66. The fraction of sp³-hybridized carbons (Fsp3) is 0.467. The molecule has 112 valence electrons. The minimum absolute atomic E-state index is 0.237. The van der Waals surface area contributed by atoms with Crippen LogP contribution in [-0.4, -0.2) is 45.0 Å². The van der Waals surface area contributed by atoms with Gasteiger partial charge in [-0.15, -0.1) is 0 Å². The minimum atomic E-state index is 0.237. The number of benzene rings is 1. The standard InChI is InChI=1S/C15H19ClN4O/c1-11-7-19(8-12(2)21-11)10-20-15(17-9-18-20)13-5-3-4-6-14(13)16/h3-6,9,11-12H,7-8,10H2,1-2H3. The number of hydrogen-bond acceptors (Lipinski definition) is 4. The van der Waals surface area contributed by atoms with E-state index < -0.39 is 0 Å². The van der Waals surface area contributed by atoms with Crippen molar-refractivity contribution in [3.63, 3.8) is 0 Å². The van der Waals surface area contributed by atoms with Crippen molar-refractivity contribution in [1.82, 2.24) is 19.7 Å². The summed E-state index contributed by atoms with van der Waals surface area (Å²) in [6.45, 7) is 6.68. The Balaban J connectivity index is 1.82. The zero-order chi connectivity index (χ0) is 14.8. The topological polar surface area (TPSA) is 43.2 Å². The smallest absolute Gasteiger partial charge is 0.160 e. The van der Waals surface area contributed by atoms with Crippen molar-refractivity contribution in [2.75, 3.05) is 13.1 Å². The van der Waals surface area contributed by atoms with Gasteiger partial charge in [-0.25, -0.2) is 9.67 Å². The lowest BCUT2D eigenvalue weighted by molar-refractivity contribution is -0.0774. The summed E-state index contributed by atoms with van der Waals surface area (Å²) in [4.78, 5) is 6.69. The molecule has 1 saturated heterocycles. The molecule has 1 fully saturated rings. The molecule has 0 aliphatic carbocycles. The molecule has 2 unspecified atom stereocenters. The van der Waals surface area contributed by atoms with Gasteiger partial charge in [0.1, 0.15) is 6.33 Å². The predicted molar refractivity (Wildman–Crippen MR) is 82.1 cm³/mol. The van der Waals surface area contributed by atoms with Gasteiger partial charge in [-0.1, -0.05) is 23.7 Å². The zero-order valence-electron chi connectivity index (χ0n) is 12.2. The molecule has 5 nitrogen and oxygen atoms in total. The second kappa shape index (κ2) is 6.13. The largest absolute Gasteiger partial charge is 0.373 e. The Hall–Kier alpha value is -1.43. The van der Waals surface area contributed by atoms with Crippen molar-refractivity contribution in [1.29, 1.82) is 0 Å². The normalized spacial score (nSPS) is 23.4. The van der Waals surface area contributed by atoms with E-state index in [1.807, 2.05) is 28.9 Å². The third-order valence-corrected chi connectivity index (χ3v) is 3.89. The first-order valence-corrected chi connectivity index (χ1v) is 7.52. The maximum absolute atomic E-state index is 6.26. The molecule has 6 heteroatoms. The van der Waals surface area contributed by atoms with Crippen LogP contribution in [0.5, 0.6) is 0 Å². The van der Waals surface area contributed by atoms with Gasteiger partial charge in [0.2, 0.25) is 0 Å². The number of aromatic nitrogens is 3. The molecule has 0 bridgehead atoms. The molecule has 1 aromatic heterocycles. The Kier molecular flexibility index (Phi) is 4.24. The zero-order valence-corrected chi connectivity index (χ0v) is 13.0. The van der Waals surface area contributed by atoms with Crippen molar-refractivity contribution in [3.05, 3.63) is 35.6 Å². The summed E-state index contributed by atoms with van der Waals surface area (Å²) in [5.74, 6) is 0.799. The quantitative estimate of drug-likeness (QED) is 0.874. The number of halogens is 1. The lowest BCUT2D eigenvalue weighted by Gasteiger charge is -2.35. The van der Waals surface area contributed by atoms with Gasteiger partial charge in [0.15, 0.2) is 5.82 Å². The van der Waals surface area contributed by atoms with E-state index in [0.29, 0.717) is 11.7 Å². The molecule has 0 N–H and O–H groups in total. The van der Waals surface area contributed by atoms with Crippen LogP contribution in [-0.2, 0) is 11.4 Å². The van der Waals surface area contributed by atoms with Crippen LogP contribution >= 0.6 is 11.6 Å². The molecule has 1 aromatic carbocycles. The van der Waals surface area contributed by atoms with E-state index in [1.165, 1.54) is 0 Å². The van der Waals surface area contributed by atoms with E-state index in [2.05, 4.69) is 28.8 Å². The Bertz CT molecular complexity index is 605. The van der Waals surface area contributed by atoms with Gasteiger partial charge in [-0.05, 0) is 26.0 Å². The van der Waals surface area contributed by atoms with E-state index in [1.54, 1.807) is 6.33 Å². The number of morpholine rings is 1. The summed E-state index contributed by atoms with van der Waals surface area (Å²) in [7, 11) is 0. The van der Waals surface area contributed by atoms with Crippen LogP contribution in [0.4, 0.5) is 0 Å².